The van der Waals surface area contributed by atoms with E-state index in [2.05, 4.69) is 30.4 Å². The maximum absolute atomic E-state index is 3.28. The first-order valence-electron chi connectivity index (χ1n) is 4.14. The van der Waals surface area contributed by atoms with Gasteiger partial charge < -0.3 is 10.2 Å². The molecule has 0 aliphatic heterocycles. The van der Waals surface area contributed by atoms with E-state index in [9.17, 15) is 0 Å². The Morgan fingerprint density at radius 3 is 2.83 bits per heavy atom. The van der Waals surface area contributed by atoms with E-state index >= 15 is 0 Å². The molecule has 0 unspecified atom stereocenters. The van der Waals surface area contributed by atoms with Crippen LogP contribution in [0.15, 0.2) is 24.3 Å². The molecule has 0 fully saturated rings. The molecule has 0 aromatic heterocycles. The Labute approximate surface area is 74.2 Å². The van der Waals surface area contributed by atoms with Crippen LogP contribution in [-0.4, -0.2) is 32.1 Å². The molecule has 65 valence electrons. The highest BCUT2D eigenvalue weighted by Gasteiger charge is 1.90. The molecule has 2 nitrogen and oxygen atoms in total. The number of hydrogen-bond acceptors (Lipinski definition) is 2. The van der Waals surface area contributed by atoms with E-state index in [4.69, 9.17) is 0 Å². The number of nitrogens with one attached hydrogen (secondary N) is 1. The summed E-state index contributed by atoms with van der Waals surface area (Å²) in [6.07, 6.45) is 0. The van der Waals surface area contributed by atoms with E-state index in [1.54, 1.807) is 0 Å². The topological polar surface area (TPSA) is 15.3 Å². The van der Waals surface area contributed by atoms with Gasteiger partial charge in [-0.05, 0) is 20.2 Å². The molecule has 1 aromatic carbocycles. The van der Waals surface area contributed by atoms with Crippen molar-refractivity contribution in [3.8, 4) is 0 Å². The lowest BCUT2D eigenvalue weighted by atomic mass is 10.3. The standard InChI is InChI=1S/C10H15N2/c1-12(2)9-8-11-10-6-4-3-5-7-10/h3-6,11H,8-9H2,1-2H3. The van der Waals surface area contributed by atoms with Crippen LogP contribution in [0.25, 0.3) is 0 Å². The zero-order valence-corrected chi connectivity index (χ0v) is 7.67. The summed E-state index contributed by atoms with van der Waals surface area (Å²) < 4.78 is 0. The molecule has 12 heavy (non-hydrogen) atoms. The Bertz CT molecular complexity index is 206. The summed E-state index contributed by atoms with van der Waals surface area (Å²) in [5, 5.41) is 3.28. The number of nitrogens with zero attached hydrogens (tertiary/aromatic N) is 1. The fraction of sp³-hybridized carbons (Fsp3) is 0.400. The smallest absolute Gasteiger partial charge is 0.0421 e. The number of anilines is 1. The number of hydrogen-bond donors (Lipinski definition) is 1. The molecule has 0 heterocycles. The Morgan fingerprint density at radius 2 is 2.25 bits per heavy atom. The number of benzene rings is 1. The molecule has 0 aliphatic rings. The van der Waals surface area contributed by atoms with Gasteiger partial charge in [-0.2, -0.15) is 0 Å². The van der Waals surface area contributed by atoms with Crippen LogP contribution in [0.2, 0.25) is 0 Å². The van der Waals surface area contributed by atoms with Crippen molar-refractivity contribution in [1.29, 1.82) is 0 Å². The average Bonchev–Trinajstić information content (AvgIpc) is 2.05. The third-order valence-electron chi connectivity index (χ3n) is 1.58. The second-order valence-corrected chi connectivity index (χ2v) is 3.01. The summed E-state index contributed by atoms with van der Waals surface area (Å²) >= 11 is 0. The highest BCUT2D eigenvalue weighted by molar-refractivity contribution is 5.40. The van der Waals surface area contributed by atoms with Crippen LogP contribution in [0.4, 0.5) is 5.69 Å². The van der Waals surface area contributed by atoms with E-state index in [0.29, 0.717) is 0 Å². The average molecular weight is 163 g/mol. The molecular weight excluding hydrogens is 148 g/mol. The van der Waals surface area contributed by atoms with Crippen LogP contribution in [0, 0.1) is 6.07 Å². The Morgan fingerprint density at radius 1 is 1.42 bits per heavy atom. The SMILES string of the molecule is CN(C)CCNc1[c]cccc1. The highest BCUT2D eigenvalue weighted by atomic mass is 15.1. The van der Waals surface area contributed by atoms with Gasteiger partial charge in [0, 0.05) is 24.8 Å². The van der Waals surface area contributed by atoms with Crippen molar-refractivity contribution in [3.05, 3.63) is 30.3 Å². The molecule has 0 spiro atoms. The van der Waals surface area contributed by atoms with Crippen LogP contribution in [0.5, 0.6) is 0 Å². The van der Waals surface area contributed by atoms with Crippen LogP contribution < -0.4 is 5.32 Å². The molecule has 2 heteroatoms. The molecule has 0 saturated heterocycles. The largest absolute Gasteiger partial charge is 0.383 e. The normalized spacial score (nSPS) is 10.2. The van der Waals surface area contributed by atoms with Crippen molar-refractivity contribution < 1.29 is 0 Å². The monoisotopic (exact) mass is 163 g/mol. The van der Waals surface area contributed by atoms with Crippen molar-refractivity contribution in [2.45, 2.75) is 0 Å². The zero-order chi connectivity index (χ0) is 8.81. The van der Waals surface area contributed by atoms with E-state index in [1.165, 1.54) is 0 Å². The third kappa shape index (κ3) is 3.39. The first-order valence-corrected chi connectivity index (χ1v) is 4.14. The van der Waals surface area contributed by atoms with Crippen LogP contribution in [0.3, 0.4) is 0 Å². The van der Waals surface area contributed by atoms with Gasteiger partial charge in [0.05, 0.1) is 0 Å². The van der Waals surface area contributed by atoms with Gasteiger partial charge >= 0.3 is 0 Å². The lowest BCUT2D eigenvalue weighted by Gasteiger charge is -2.10. The van der Waals surface area contributed by atoms with Crippen molar-refractivity contribution in [2.75, 3.05) is 32.5 Å². The molecule has 1 radical (unpaired) electrons. The fourth-order valence-corrected chi connectivity index (χ4v) is 0.917. The van der Waals surface area contributed by atoms with Gasteiger partial charge in [0.2, 0.25) is 0 Å². The van der Waals surface area contributed by atoms with Crippen molar-refractivity contribution >= 4 is 5.69 Å². The maximum atomic E-state index is 3.28. The summed E-state index contributed by atoms with van der Waals surface area (Å²) in [5.74, 6) is 0. The van der Waals surface area contributed by atoms with Gasteiger partial charge in [-0.1, -0.05) is 18.2 Å². The van der Waals surface area contributed by atoms with Gasteiger partial charge in [0.15, 0.2) is 0 Å². The highest BCUT2D eigenvalue weighted by Crippen LogP contribution is 2.02. The number of para-hydroxylation sites is 1. The molecule has 0 saturated carbocycles. The molecule has 0 bridgehead atoms. The van der Waals surface area contributed by atoms with Crippen LogP contribution in [-0.2, 0) is 0 Å². The lowest BCUT2D eigenvalue weighted by molar-refractivity contribution is 0.425. The van der Waals surface area contributed by atoms with E-state index in [0.717, 1.165) is 18.8 Å². The number of rotatable bonds is 4. The van der Waals surface area contributed by atoms with Gasteiger partial charge in [-0.25, -0.2) is 0 Å². The Hall–Kier alpha value is -1.02. The van der Waals surface area contributed by atoms with Crippen LogP contribution >= 0.6 is 0 Å². The molecule has 1 N–H and O–H groups in total. The van der Waals surface area contributed by atoms with E-state index < -0.39 is 0 Å². The second-order valence-electron chi connectivity index (χ2n) is 3.01. The molecule has 0 aliphatic carbocycles. The summed E-state index contributed by atoms with van der Waals surface area (Å²) in [6, 6.07) is 11.0. The minimum Gasteiger partial charge on any atom is -0.383 e. The van der Waals surface area contributed by atoms with Crippen molar-refractivity contribution in [1.82, 2.24) is 4.90 Å². The molecule has 0 atom stereocenters. The summed E-state index contributed by atoms with van der Waals surface area (Å²) in [5.41, 5.74) is 1.07. The number of likely N-dealkylation sites (N-methyl/N-ethyl adjacent to an activating group) is 1. The zero-order valence-electron chi connectivity index (χ0n) is 7.67. The van der Waals surface area contributed by atoms with Gasteiger partial charge in [-0.15, -0.1) is 0 Å². The Balaban J connectivity index is 2.25. The second kappa shape index (κ2) is 4.78. The summed E-state index contributed by atoms with van der Waals surface area (Å²) in [6.45, 7) is 2.01. The maximum Gasteiger partial charge on any atom is 0.0421 e. The fourth-order valence-electron chi connectivity index (χ4n) is 0.917. The minimum absolute atomic E-state index is 0.966. The van der Waals surface area contributed by atoms with Crippen molar-refractivity contribution in [3.63, 3.8) is 0 Å². The lowest BCUT2D eigenvalue weighted by Crippen LogP contribution is -2.20. The summed E-state index contributed by atoms with van der Waals surface area (Å²) in [7, 11) is 4.13. The van der Waals surface area contributed by atoms with Crippen molar-refractivity contribution in [2.24, 2.45) is 0 Å². The molecule has 1 rings (SSSR count). The summed E-state index contributed by atoms with van der Waals surface area (Å²) in [4.78, 5) is 2.15. The predicted octanol–water partition coefficient (Wildman–Crippen LogP) is 1.46. The predicted molar refractivity (Wildman–Crippen MR) is 52.3 cm³/mol. The van der Waals surface area contributed by atoms with E-state index in [-0.39, 0.29) is 0 Å². The first kappa shape index (κ1) is 9.07. The van der Waals surface area contributed by atoms with Gasteiger partial charge in [0.25, 0.3) is 0 Å². The Kier molecular flexibility index (Phi) is 3.61. The minimum atomic E-state index is 0.966. The van der Waals surface area contributed by atoms with Gasteiger partial charge in [0.1, 0.15) is 0 Å². The van der Waals surface area contributed by atoms with E-state index in [1.807, 2.05) is 24.3 Å². The molecule has 0 amide bonds. The first-order chi connectivity index (χ1) is 5.79. The molecule has 1 aromatic rings. The van der Waals surface area contributed by atoms with Gasteiger partial charge in [-0.3, -0.25) is 0 Å². The third-order valence-corrected chi connectivity index (χ3v) is 1.58. The quantitative estimate of drug-likeness (QED) is 0.723. The molecular formula is C10H15N2. The van der Waals surface area contributed by atoms with Crippen LogP contribution in [0.1, 0.15) is 0 Å².